The van der Waals surface area contributed by atoms with Crippen molar-refractivity contribution in [3.05, 3.63) is 17.7 Å². The lowest BCUT2D eigenvalue weighted by Gasteiger charge is -2.26. The molecule has 2 atom stereocenters. The minimum Gasteiger partial charge on any atom is -0.334 e. The fraction of sp³-hybridized carbons (Fsp3) is 0.800. The summed E-state index contributed by atoms with van der Waals surface area (Å²) in [6.07, 6.45) is 7.54. The molecular formula is C15H25N3. The number of aryl methyl sites for hydroxylation is 1. The third kappa shape index (κ3) is 1.99. The highest BCUT2D eigenvalue weighted by Crippen LogP contribution is 2.35. The van der Waals surface area contributed by atoms with Crippen LogP contribution in [0.4, 0.5) is 0 Å². The lowest BCUT2D eigenvalue weighted by atomic mass is 10.0. The van der Waals surface area contributed by atoms with Crippen LogP contribution >= 0.6 is 0 Å². The van der Waals surface area contributed by atoms with Crippen molar-refractivity contribution in [1.82, 2.24) is 14.5 Å². The Kier molecular flexibility index (Phi) is 3.18. The van der Waals surface area contributed by atoms with Crippen LogP contribution in [0.25, 0.3) is 0 Å². The molecule has 3 rings (SSSR count). The van der Waals surface area contributed by atoms with Gasteiger partial charge in [0.05, 0.1) is 11.7 Å². The topological polar surface area (TPSA) is 21.1 Å². The Labute approximate surface area is 110 Å². The zero-order valence-electron chi connectivity index (χ0n) is 11.9. The van der Waals surface area contributed by atoms with E-state index in [1.54, 1.807) is 0 Å². The summed E-state index contributed by atoms with van der Waals surface area (Å²) in [5.41, 5.74) is 1.32. The second-order valence-corrected chi connectivity index (χ2v) is 6.25. The fourth-order valence-electron chi connectivity index (χ4n) is 3.61. The predicted molar refractivity (Wildman–Crippen MR) is 73.7 cm³/mol. The first-order valence-electron chi connectivity index (χ1n) is 7.49. The van der Waals surface area contributed by atoms with E-state index in [0.29, 0.717) is 18.0 Å². The van der Waals surface area contributed by atoms with Crippen LogP contribution < -0.4 is 0 Å². The summed E-state index contributed by atoms with van der Waals surface area (Å²) in [5.74, 6) is 1.97. The minimum absolute atomic E-state index is 0.565. The SMILES string of the molecule is CC1CCCn2cc(C3CCCN3C(C)C)nc21. The van der Waals surface area contributed by atoms with E-state index >= 15 is 0 Å². The smallest absolute Gasteiger partial charge is 0.111 e. The first kappa shape index (κ1) is 12.2. The average molecular weight is 247 g/mol. The molecule has 0 bridgehead atoms. The summed E-state index contributed by atoms with van der Waals surface area (Å²) >= 11 is 0. The molecule has 0 aromatic carbocycles. The van der Waals surface area contributed by atoms with Crippen molar-refractivity contribution >= 4 is 0 Å². The summed E-state index contributed by atoms with van der Waals surface area (Å²) in [5, 5.41) is 0. The maximum absolute atomic E-state index is 4.97. The van der Waals surface area contributed by atoms with Crippen molar-refractivity contribution < 1.29 is 0 Å². The van der Waals surface area contributed by atoms with Gasteiger partial charge in [-0.05, 0) is 46.1 Å². The van der Waals surface area contributed by atoms with E-state index in [0.717, 1.165) is 0 Å². The van der Waals surface area contributed by atoms with Crippen LogP contribution in [0, 0.1) is 0 Å². The molecule has 3 heteroatoms. The number of likely N-dealkylation sites (tertiary alicyclic amines) is 1. The van der Waals surface area contributed by atoms with Crippen LogP contribution in [0.15, 0.2) is 6.20 Å². The Morgan fingerprint density at radius 2 is 2.00 bits per heavy atom. The van der Waals surface area contributed by atoms with Gasteiger partial charge in [0.15, 0.2) is 0 Å². The van der Waals surface area contributed by atoms with E-state index in [9.17, 15) is 0 Å². The van der Waals surface area contributed by atoms with Gasteiger partial charge >= 0.3 is 0 Å². The molecule has 1 saturated heterocycles. The molecule has 2 unspecified atom stereocenters. The van der Waals surface area contributed by atoms with Crippen molar-refractivity contribution in [2.24, 2.45) is 0 Å². The third-order valence-electron chi connectivity index (χ3n) is 4.60. The van der Waals surface area contributed by atoms with Gasteiger partial charge in [-0.15, -0.1) is 0 Å². The Balaban J connectivity index is 1.88. The molecule has 0 N–H and O–H groups in total. The van der Waals surface area contributed by atoms with E-state index in [2.05, 4.69) is 36.4 Å². The maximum atomic E-state index is 4.97. The van der Waals surface area contributed by atoms with E-state index in [1.165, 1.54) is 50.3 Å². The van der Waals surface area contributed by atoms with Crippen LogP contribution in [-0.4, -0.2) is 27.0 Å². The zero-order chi connectivity index (χ0) is 12.7. The number of nitrogens with zero attached hydrogens (tertiary/aromatic N) is 3. The minimum atomic E-state index is 0.565. The van der Waals surface area contributed by atoms with E-state index in [4.69, 9.17) is 4.98 Å². The van der Waals surface area contributed by atoms with Crippen LogP contribution in [-0.2, 0) is 6.54 Å². The predicted octanol–water partition coefficient (Wildman–Crippen LogP) is 3.33. The number of imidazole rings is 1. The molecule has 0 saturated carbocycles. The summed E-state index contributed by atoms with van der Waals surface area (Å²) in [6.45, 7) is 9.33. The van der Waals surface area contributed by atoms with Crippen LogP contribution in [0.2, 0.25) is 0 Å². The number of aromatic nitrogens is 2. The molecule has 0 aliphatic carbocycles. The van der Waals surface area contributed by atoms with Crippen LogP contribution in [0.5, 0.6) is 0 Å². The van der Waals surface area contributed by atoms with Crippen molar-refractivity contribution in [1.29, 1.82) is 0 Å². The molecule has 100 valence electrons. The molecule has 1 fully saturated rings. The molecule has 0 amide bonds. The molecule has 3 heterocycles. The second kappa shape index (κ2) is 4.69. The molecule has 0 spiro atoms. The molecule has 0 radical (unpaired) electrons. The van der Waals surface area contributed by atoms with E-state index in [1.807, 2.05) is 0 Å². The van der Waals surface area contributed by atoms with Gasteiger partial charge in [-0.25, -0.2) is 4.98 Å². The third-order valence-corrected chi connectivity index (χ3v) is 4.60. The first-order chi connectivity index (χ1) is 8.66. The summed E-state index contributed by atoms with van der Waals surface area (Å²) in [6, 6.07) is 1.20. The van der Waals surface area contributed by atoms with Gasteiger partial charge in [0.2, 0.25) is 0 Å². The molecule has 2 aliphatic rings. The molecule has 18 heavy (non-hydrogen) atoms. The maximum Gasteiger partial charge on any atom is 0.111 e. The quantitative estimate of drug-likeness (QED) is 0.799. The molecule has 1 aromatic heterocycles. The number of rotatable bonds is 2. The standard InChI is InChI=1S/C15H25N3/c1-11(2)18-9-5-7-14(18)13-10-17-8-4-6-12(3)15(17)16-13/h10-12,14H,4-9H2,1-3H3. The van der Waals surface area contributed by atoms with Crippen molar-refractivity contribution in [3.63, 3.8) is 0 Å². The van der Waals surface area contributed by atoms with Crippen LogP contribution in [0.3, 0.4) is 0 Å². The van der Waals surface area contributed by atoms with Gasteiger partial charge in [0.1, 0.15) is 5.82 Å². The monoisotopic (exact) mass is 247 g/mol. The molecule has 3 nitrogen and oxygen atoms in total. The van der Waals surface area contributed by atoms with Crippen molar-refractivity contribution in [3.8, 4) is 0 Å². The van der Waals surface area contributed by atoms with Gasteiger partial charge in [-0.1, -0.05) is 6.92 Å². The highest BCUT2D eigenvalue weighted by molar-refractivity contribution is 5.14. The Hall–Kier alpha value is -0.830. The molecule has 2 aliphatic heterocycles. The summed E-state index contributed by atoms with van der Waals surface area (Å²) in [4.78, 5) is 7.58. The van der Waals surface area contributed by atoms with Gasteiger partial charge in [0, 0.05) is 24.7 Å². The van der Waals surface area contributed by atoms with E-state index < -0.39 is 0 Å². The lowest BCUT2D eigenvalue weighted by Crippen LogP contribution is -2.30. The van der Waals surface area contributed by atoms with Gasteiger partial charge in [-0.3, -0.25) is 4.90 Å². The fourth-order valence-corrected chi connectivity index (χ4v) is 3.61. The largest absolute Gasteiger partial charge is 0.334 e. The Morgan fingerprint density at radius 3 is 2.72 bits per heavy atom. The first-order valence-corrected chi connectivity index (χ1v) is 7.49. The number of hydrogen-bond acceptors (Lipinski definition) is 2. The average Bonchev–Trinajstić information content (AvgIpc) is 2.95. The Morgan fingerprint density at radius 1 is 1.22 bits per heavy atom. The molecular weight excluding hydrogens is 222 g/mol. The number of hydrogen-bond donors (Lipinski definition) is 0. The van der Waals surface area contributed by atoms with Crippen molar-refractivity contribution in [2.75, 3.05) is 6.54 Å². The lowest BCUT2D eigenvalue weighted by molar-refractivity contribution is 0.202. The summed E-state index contributed by atoms with van der Waals surface area (Å²) in [7, 11) is 0. The van der Waals surface area contributed by atoms with Crippen LogP contribution in [0.1, 0.15) is 69.9 Å². The van der Waals surface area contributed by atoms with Crippen molar-refractivity contribution in [2.45, 2.75) is 71.0 Å². The number of fused-ring (bicyclic) bond motifs is 1. The van der Waals surface area contributed by atoms with Gasteiger partial charge in [0.25, 0.3) is 0 Å². The summed E-state index contributed by atoms with van der Waals surface area (Å²) < 4.78 is 2.40. The second-order valence-electron chi connectivity index (χ2n) is 6.25. The Bertz CT molecular complexity index is 421. The van der Waals surface area contributed by atoms with E-state index in [-0.39, 0.29) is 0 Å². The highest BCUT2D eigenvalue weighted by Gasteiger charge is 2.31. The zero-order valence-corrected chi connectivity index (χ0v) is 11.9. The molecule has 1 aromatic rings. The highest BCUT2D eigenvalue weighted by atomic mass is 15.2. The van der Waals surface area contributed by atoms with Gasteiger partial charge < -0.3 is 4.57 Å². The normalized spacial score (nSPS) is 28.9. The van der Waals surface area contributed by atoms with Gasteiger partial charge in [-0.2, -0.15) is 0 Å².